The number of halogens is 5. The van der Waals surface area contributed by atoms with Crippen LogP contribution in [0.1, 0.15) is 63.4 Å². The number of pyridine rings is 1. The van der Waals surface area contributed by atoms with E-state index in [9.17, 15) is 9.59 Å². The minimum atomic E-state index is -1.01. The van der Waals surface area contributed by atoms with E-state index in [2.05, 4.69) is 16.5 Å². The second kappa shape index (κ2) is 12.1. The van der Waals surface area contributed by atoms with Crippen molar-refractivity contribution < 1.29 is 13.6 Å². The Kier molecular flexibility index (Phi) is 8.51. The molecule has 2 aliphatic heterocycles. The zero-order valence-electron chi connectivity index (χ0n) is 26.5. The number of rotatable bonds is 5. The molecular weight excluding hydrogens is 669 g/mol. The van der Waals surface area contributed by atoms with E-state index in [0.29, 0.717) is 53.2 Å². The van der Waals surface area contributed by atoms with Gasteiger partial charge in [0.15, 0.2) is 11.6 Å². The van der Waals surface area contributed by atoms with E-state index in [4.69, 9.17) is 40.5 Å². The monoisotopic (exact) mass is 700 g/mol. The standard InChI is InChI=1S/C34H33Cl3F2N6O2/c1-7-23(46)43-12-17-8-19-31(44(17)11-16(43)6)18-9-20(35)24(25-26(38)21(36)10-22(37)28(25)40)27(39)32(18)45(34(19)47)33-29(14(2)3)41-13-42-30(33)15(4)5/h7,9-10,13-17H,1,8,11-12,40H2,2-6H3. The van der Waals surface area contributed by atoms with E-state index in [1.54, 1.807) is 4.90 Å². The number of nitrogens with two attached hydrogens (primary N) is 1. The summed E-state index contributed by atoms with van der Waals surface area (Å²) in [7, 11) is 0. The fourth-order valence-electron chi connectivity index (χ4n) is 6.94. The Morgan fingerprint density at radius 1 is 0.979 bits per heavy atom. The molecule has 13 heteroatoms. The Hall–Kier alpha value is -3.73. The molecule has 6 rings (SSSR count). The van der Waals surface area contributed by atoms with E-state index in [-0.39, 0.29) is 61.7 Å². The number of hydrogen-bond donors (Lipinski definition) is 1. The third-order valence-electron chi connectivity index (χ3n) is 9.10. The van der Waals surface area contributed by atoms with Crippen molar-refractivity contribution in [2.45, 2.75) is 65.0 Å². The van der Waals surface area contributed by atoms with Gasteiger partial charge in [0.25, 0.3) is 5.56 Å². The van der Waals surface area contributed by atoms with Crippen molar-refractivity contribution in [2.24, 2.45) is 0 Å². The summed E-state index contributed by atoms with van der Waals surface area (Å²) >= 11 is 19.3. The van der Waals surface area contributed by atoms with Crippen molar-refractivity contribution in [3.8, 4) is 16.8 Å². The number of aromatic nitrogens is 3. The van der Waals surface area contributed by atoms with Gasteiger partial charge in [-0.2, -0.15) is 0 Å². The molecule has 1 fully saturated rings. The molecule has 0 bridgehead atoms. The second-order valence-electron chi connectivity index (χ2n) is 12.7. The van der Waals surface area contributed by atoms with Crippen molar-refractivity contribution in [1.82, 2.24) is 19.4 Å². The fourth-order valence-corrected chi connectivity index (χ4v) is 7.69. The maximum absolute atomic E-state index is 17.5. The zero-order chi connectivity index (χ0) is 34.2. The topological polar surface area (TPSA) is 97.4 Å². The largest absolute Gasteiger partial charge is 0.397 e. The number of fused-ring (bicyclic) bond motifs is 5. The first kappa shape index (κ1) is 33.2. The summed E-state index contributed by atoms with van der Waals surface area (Å²) in [5, 5.41) is -0.270. The maximum atomic E-state index is 17.5. The van der Waals surface area contributed by atoms with Crippen molar-refractivity contribution in [2.75, 3.05) is 23.7 Å². The van der Waals surface area contributed by atoms with Crippen LogP contribution in [0.2, 0.25) is 15.1 Å². The van der Waals surface area contributed by atoms with Crippen molar-refractivity contribution >= 4 is 63.0 Å². The molecular formula is C34H33Cl3F2N6O2. The first-order valence-electron chi connectivity index (χ1n) is 15.3. The van der Waals surface area contributed by atoms with Gasteiger partial charge in [0.2, 0.25) is 5.91 Å². The molecule has 2 N–H and O–H groups in total. The molecule has 2 unspecified atom stereocenters. The molecule has 2 aliphatic rings. The minimum Gasteiger partial charge on any atom is -0.397 e. The number of carbonyl (C=O) groups is 1. The molecule has 0 saturated carbocycles. The van der Waals surface area contributed by atoms with Gasteiger partial charge in [0.05, 0.1) is 55.1 Å². The predicted molar refractivity (Wildman–Crippen MR) is 184 cm³/mol. The van der Waals surface area contributed by atoms with E-state index in [1.807, 2.05) is 39.5 Å². The Balaban J connectivity index is 1.79. The Bertz CT molecular complexity index is 2010. The van der Waals surface area contributed by atoms with Gasteiger partial charge in [-0.3, -0.25) is 14.2 Å². The lowest BCUT2D eigenvalue weighted by molar-refractivity contribution is -0.128. The molecule has 1 saturated heterocycles. The lowest BCUT2D eigenvalue weighted by Crippen LogP contribution is -2.57. The van der Waals surface area contributed by atoms with Crippen LogP contribution in [-0.4, -0.2) is 50.5 Å². The number of hydrogen-bond acceptors (Lipinski definition) is 6. The molecule has 8 nitrogen and oxygen atoms in total. The summed E-state index contributed by atoms with van der Waals surface area (Å²) in [4.78, 5) is 40.4. The Morgan fingerprint density at radius 3 is 2.21 bits per heavy atom. The van der Waals surface area contributed by atoms with Gasteiger partial charge in [0, 0.05) is 47.6 Å². The number of nitrogen functional groups attached to an aromatic ring is 1. The number of benzene rings is 2. The van der Waals surface area contributed by atoms with E-state index in [1.165, 1.54) is 23.0 Å². The summed E-state index contributed by atoms with van der Waals surface area (Å²) < 4.78 is 34.6. The highest BCUT2D eigenvalue weighted by atomic mass is 35.5. The maximum Gasteiger partial charge on any atom is 0.261 e. The summed E-state index contributed by atoms with van der Waals surface area (Å²) in [6, 6.07) is 2.17. The third kappa shape index (κ3) is 5.07. The first-order chi connectivity index (χ1) is 22.2. The van der Waals surface area contributed by atoms with Gasteiger partial charge in [-0.25, -0.2) is 18.7 Å². The van der Waals surface area contributed by atoms with Crippen LogP contribution in [-0.2, 0) is 11.2 Å². The summed E-state index contributed by atoms with van der Waals surface area (Å²) in [5.41, 5.74) is 6.93. The second-order valence-corrected chi connectivity index (χ2v) is 13.9. The number of amides is 1. The zero-order valence-corrected chi connectivity index (χ0v) is 28.7. The molecule has 4 heterocycles. The predicted octanol–water partition coefficient (Wildman–Crippen LogP) is 7.66. The third-order valence-corrected chi connectivity index (χ3v) is 9.99. The van der Waals surface area contributed by atoms with Crippen LogP contribution in [0.4, 0.5) is 20.2 Å². The van der Waals surface area contributed by atoms with Gasteiger partial charge in [-0.15, -0.1) is 0 Å². The average Bonchev–Trinajstić information content (AvgIpc) is 3.40. The normalized spacial score (nSPS) is 17.5. The molecule has 2 aromatic heterocycles. The van der Waals surface area contributed by atoms with Crippen molar-refractivity contribution in [3.05, 3.63) is 85.1 Å². The van der Waals surface area contributed by atoms with Crippen LogP contribution in [0.5, 0.6) is 0 Å². The van der Waals surface area contributed by atoms with E-state index < -0.39 is 22.8 Å². The highest BCUT2D eigenvalue weighted by molar-refractivity contribution is 6.38. The van der Waals surface area contributed by atoms with E-state index in [0.717, 1.165) is 6.07 Å². The molecule has 2 aromatic carbocycles. The quantitative estimate of drug-likeness (QED) is 0.130. The van der Waals surface area contributed by atoms with Gasteiger partial charge >= 0.3 is 0 Å². The van der Waals surface area contributed by atoms with E-state index >= 15 is 8.78 Å². The van der Waals surface area contributed by atoms with Crippen LogP contribution >= 0.6 is 34.8 Å². The number of carbonyl (C=O) groups excluding carboxylic acids is 1. The summed E-state index contributed by atoms with van der Waals surface area (Å²) in [6.07, 6.45) is 3.01. The molecule has 2 atom stereocenters. The smallest absolute Gasteiger partial charge is 0.261 e. The summed E-state index contributed by atoms with van der Waals surface area (Å²) in [6.45, 7) is 14.0. The Labute approximate surface area is 285 Å². The summed E-state index contributed by atoms with van der Waals surface area (Å²) in [5.74, 6) is -2.56. The molecule has 0 spiro atoms. The number of piperazine rings is 1. The molecule has 0 aliphatic carbocycles. The lowest BCUT2D eigenvalue weighted by Gasteiger charge is -2.43. The van der Waals surface area contributed by atoms with Gasteiger partial charge in [0.1, 0.15) is 6.33 Å². The SMILES string of the molecule is C=CC(=O)N1CC2Cc3c(c4cc(Cl)c(-c5c(N)c(Cl)cc(Cl)c5F)c(F)c4n(-c4c(C(C)C)ncnc4C(C)C)c3=O)N2CC1C. The van der Waals surface area contributed by atoms with Crippen LogP contribution in [0.25, 0.3) is 27.7 Å². The van der Waals surface area contributed by atoms with Crippen LogP contribution < -0.4 is 16.2 Å². The van der Waals surface area contributed by atoms with Gasteiger partial charge < -0.3 is 15.5 Å². The van der Waals surface area contributed by atoms with Crippen LogP contribution in [0.15, 0.2) is 35.9 Å². The highest BCUT2D eigenvalue weighted by Crippen LogP contribution is 2.48. The number of anilines is 2. The fraction of sp³-hybridized carbons (Fsp3) is 0.353. The van der Waals surface area contributed by atoms with Gasteiger partial charge in [-0.05, 0) is 37.0 Å². The molecule has 246 valence electrons. The van der Waals surface area contributed by atoms with Crippen LogP contribution in [0, 0.1) is 11.6 Å². The molecule has 4 aromatic rings. The molecule has 1 amide bonds. The average molecular weight is 702 g/mol. The van der Waals surface area contributed by atoms with Gasteiger partial charge in [-0.1, -0.05) is 69.1 Å². The van der Waals surface area contributed by atoms with Crippen molar-refractivity contribution in [3.63, 3.8) is 0 Å². The number of nitrogens with zero attached hydrogens (tertiary/aromatic N) is 5. The van der Waals surface area contributed by atoms with Crippen LogP contribution in [0.3, 0.4) is 0 Å². The Morgan fingerprint density at radius 2 is 1.62 bits per heavy atom. The lowest BCUT2D eigenvalue weighted by atomic mass is 9.96. The van der Waals surface area contributed by atoms with Crippen molar-refractivity contribution in [1.29, 1.82) is 0 Å². The first-order valence-corrected chi connectivity index (χ1v) is 16.4. The molecule has 0 radical (unpaired) electrons. The minimum absolute atomic E-state index is 0.0854. The highest BCUT2D eigenvalue weighted by Gasteiger charge is 2.42. The molecule has 47 heavy (non-hydrogen) atoms.